The van der Waals surface area contributed by atoms with Gasteiger partial charge in [0.15, 0.2) is 15.8 Å². The molecule has 23 heavy (non-hydrogen) atoms. The maximum atomic E-state index is 12.6. The average Bonchev–Trinajstić information content (AvgIpc) is 2.82. The number of para-hydroxylation sites is 1. The number of anilines is 1. The first kappa shape index (κ1) is 15.6. The monoisotopic (exact) mass is 343 g/mol. The van der Waals surface area contributed by atoms with Crippen molar-refractivity contribution in [3.63, 3.8) is 0 Å². The van der Waals surface area contributed by atoms with Crippen LogP contribution in [0.5, 0.6) is 11.5 Å². The van der Waals surface area contributed by atoms with E-state index < -0.39 is 0 Å². The number of amides is 1. The number of nitrogens with zero attached hydrogens (tertiary/aromatic N) is 1. The molecule has 1 fully saturated rings. The molecule has 4 nitrogen and oxygen atoms in total. The van der Waals surface area contributed by atoms with Gasteiger partial charge in [0, 0.05) is 0 Å². The summed E-state index contributed by atoms with van der Waals surface area (Å²) >= 11 is 6.56. The number of hydrogen-bond acceptors (Lipinski definition) is 5. The van der Waals surface area contributed by atoms with Crippen LogP contribution in [-0.4, -0.2) is 22.4 Å². The molecule has 0 spiro atoms. The molecular weight excluding hydrogens is 330 g/mol. The zero-order valence-electron chi connectivity index (χ0n) is 12.2. The molecule has 0 bridgehead atoms. The Morgan fingerprint density at radius 2 is 1.96 bits per heavy atom. The fourth-order valence-electron chi connectivity index (χ4n) is 2.22. The number of phenols is 1. The molecule has 0 saturated carbocycles. The summed E-state index contributed by atoms with van der Waals surface area (Å²) in [5, 5.41) is 9.83. The molecule has 0 atom stereocenters. The minimum atomic E-state index is -0.165. The SMILES string of the molecule is COc1ccc(/C=C2\SC(=S)N(c3ccccc3)C2=O)cc1O. The number of thioether (sulfide) groups is 1. The van der Waals surface area contributed by atoms with Gasteiger partial charge >= 0.3 is 0 Å². The number of benzene rings is 2. The molecule has 0 radical (unpaired) electrons. The first-order chi connectivity index (χ1) is 11.1. The van der Waals surface area contributed by atoms with E-state index in [0.717, 1.165) is 5.69 Å². The molecule has 2 aromatic rings. The second-order valence-electron chi connectivity index (χ2n) is 4.78. The summed E-state index contributed by atoms with van der Waals surface area (Å²) in [4.78, 5) is 14.6. The molecular formula is C17H13NO3S2. The molecule has 6 heteroatoms. The van der Waals surface area contributed by atoms with Gasteiger partial charge in [0.25, 0.3) is 5.91 Å². The number of carbonyl (C=O) groups is 1. The van der Waals surface area contributed by atoms with E-state index in [1.807, 2.05) is 30.3 Å². The topological polar surface area (TPSA) is 49.8 Å². The van der Waals surface area contributed by atoms with Crippen LogP contribution in [0.25, 0.3) is 6.08 Å². The Morgan fingerprint density at radius 1 is 1.22 bits per heavy atom. The molecule has 1 aliphatic heterocycles. The normalized spacial score (nSPS) is 16.2. The van der Waals surface area contributed by atoms with Crippen LogP contribution in [0, 0.1) is 0 Å². The van der Waals surface area contributed by atoms with Crippen molar-refractivity contribution < 1.29 is 14.6 Å². The van der Waals surface area contributed by atoms with Gasteiger partial charge < -0.3 is 9.84 Å². The van der Waals surface area contributed by atoms with E-state index in [-0.39, 0.29) is 11.7 Å². The van der Waals surface area contributed by atoms with Gasteiger partial charge in [-0.3, -0.25) is 9.69 Å². The van der Waals surface area contributed by atoms with Gasteiger partial charge in [0.2, 0.25) is 0 Å². The van der Waals surface area contributed by atoms with Crippen molar-refractivity contribution >= 4 is 46.0 Å². The fourth-order valence-corrected chi connectivity index (χ4v) is 3.51. The molecule has 1 saturated heterocycles. The molecule has 2 aromatic carbocycles. The number of ether oxygens (including phenoxy) is 1. The van der Waals surface area contributed by atoms with Crippen molar-refractivity contribution in [1.29, 1.82) is 0 Å². The molecule has 0 aromatic heterocycles. The lowest BCUT2D eigenvalue weighted by Crippen LogP contribution is -2.27. The highest BCUT2D eigenvalue weighted by molar-refractivity contribution is 8.27. The minimum Gasteiger partial charge on any atom is -0.504 e. The Morgan fingerprint density at radius 3 is 2.61 bits per heavy atom. The largest absolute Gasteiger partial charge is 0.504 e. The Kier molecular flexibility index (Phi) is 4.36. The smallest absolute Gasteiger partial charge is 0.270 e. The highest BCUT2D eigenvalue weighted by Crippen LogP contribution is 2.36. The van der Waals surface area contributed by atoms with E-state index in [9.17, 15) is 9.90 Å². The Balaban J connectivity index is 1.91. The maximum absolute atomic E-state index is 12.6. The third kappa shape index (κ3) is 3.09. The van der Waals surface area contributed by atoms with E-state index in [4.69, 9.17) is 17.0 Å². The Labute approximate surface area is 143 Å². The molecule has 116 valence electrons. The van der Waals surface area contributed by atoms with E-state index in [1.165, 1.54) is 23.8 Å². The summed E-state index contributed by atoms with van der Waals surface area (Å²) in [7, 11) is 1.49. The van der Waals surface area contributed by atoms with Crippen molar-refractivity contribution in [2.45, 2.75) is 0 Å². The Hall–Kier alpha value is -2.31. The van der Waals surface area contributed by atoms with Crippen LogP contribution >= 0.6 is 24.0 Å². The molecule has 1 amide bonds. The summed E-state index contributed by atoms with van der Waals surface area (Å²) in [6, 6.07) is 14.3. The number of thiocarbonyl (C=S) groups is 1. The molecule has 3 rings (SSSR count). The minimum absolute atomic E-state index is 0.0276. The van der Waals surface area contributed by atoms with Crippen LogP contribution in [0.4, 0.5) is 5.69 Å². The molecule has 0 aliphatic carbocycles. The number of hydrogen-bond donors (Lipinski definition) is 1. The number of rotatable bonds is 3. The summed E-state index contributed by atoms with van der Waals surface area (Å²) in [6.45, 7) is 0. The van der Waals surface area contributed by atoms with Crippen LogP contribution in [0.2, 0.25) is 0 Å². The van der Waals surface area contributed by atoms with Gasteiger partial charge in [0.05, 0.1) is 17.7 Å². The van der Waals surface area contributed by atoms with Gasteiger partial charge in [0.1, 0.15) is 0 Å². The third-order valence-electron chi connectivity index (χ3n) is 3.31. The predicted octanol–water partition coefficient (Wildman–Crippen LogP) is 3.81. The van der Waals surface area contributed by atoms with Crippen molar-refractivity contribution in [1.82, 2.24) is 0 Å². The van der Waals surface area contributed by atoms with Crippen LogP contribution in [0.1, 0.15) is 5.56 Å². The number of aromatic hydroxyl groups is 1. The van der Waals surface area contributed by atoms with Gasteiger partial charge in [-0.25, -0.2) is 0 Å². The molecule has 1 heterocycles. The maximum Gasteiger partial charge on any atom is 0.270 e. The first-order valence-corrected chi connectivity index (χ1v) is 8.02. The first-order valence-electron chi connectivity index (χ1n) is 6.80. The zero-order valence-corrected chi connectivity index (χ0v) is 13.9. The van der Waals surface area contributed by atoms with Crippen molar-refractivity contribution in [3.8, 4) is 11.5 Å². The lowest BCUT2D eigenvalue weighted by atomic mass is 10.2. The zero-order chi connectivity index (χ0) is 16.4. The van der Waals surface area contributed by atoms with E-state index in [0.29, 0.717) is 20.5 Å². The number of phenolic OH excluding ortho intramolecular Hbond substituents is 1. The number of carbonyl (C=O) groups excluding carboxylic acids is 1. The van der Waals surface area contributed by atoms with Crippen LogP contribution in [-0.2, 0) is 4.79 Å². The van der Waals surface area contributed by atoms with E-state index in [2.05, 4.69) is 0 Å². The average molecular weight is 343 g/mol. The van der Waals surface area contributed by atoms with Crippen molar-refractivity contribution in [2.24, 2.45) is 0 Å². The fraction of sp³-hybridized carbons (Fsp3) is 0.0588. The standard InChI is InChI=1S/C17H13NO3S2/c1-21-14-8-7-11(9-13(14)19)10-15-16(20)18(17(22)23-15)12-5-3-2-4-6-12/h2-10,19H,1H3/b15-10-. The van der Waals surface area contributed by atoms with Crippen LogP contribution < -0.4 is 9.64 Å². The Bertz CT molecular complexity index is 803. The summed E-state index contributed by atoms with van der Waals surface area (Å²) in [5.41, 5.74) is 1.45. The summed E-state index contributed by atoms with van der Waals surface area (Å²) in [5.74, 6) is 0.250. The predicted molar refractivity (Wildman–Crippen MR) is 96.8 cm³/mol. The summed E-state index contributed by atoms with van der Waals surface area (Å²) in [6.07, 6.45) is 1.71. The van der Waals surface area contributed by atoms with Crippen molar-refractivity contribution in [2.75, 3.05) is 12.0 Å². The second kappa shape index (κ2) is 6.44. The second-order valence-corrected chi connectivity index (χ2v) is 6.46. The molecule has 1 N–H and O–H groups in total. The van der Waals surface area contributed by atoms with Gasteiger partial charge in [-0.15, -0.1) is 0 Å². The molecule has 0 unspecified atom stereocenters. The molecule has 1 aliphatic rings. The van der Waals surface area contributed by atoms with Crippen LogP contribution in [0.15, 0.2) is 53.4 Å². The lowest BCUT2D eigenvalue weighted by Gasteiger charge is -2.13. The quantitative estimate of drug-likeness (QED) is 0.678. The number of methoxy groups -OCH3 is 1. The third-order valence-corrected chi connectivity index (χ3v) is 4.61. The van der Waals surface area contributed by atoms with Gasteiger partial charge in [-0.05, 0) is 35.9 Å². The van der Waals surface area contributed by atoms with Crippen molar-refractivity contribution in [3.05, 3.63) is 59.0 Å². The van der Waals surface area contributed by atoms with E-state index >= 15 is 0 Å². The van der Waals surface area contributed by atoms with Crippen LogP contribution in [0.3, 0.4) is 0 Å². The van der Waals surface area contributed by atoms with Gasteiger partial charge in [-0.1, -0.05) is 48.2 Å². The lowest BCUT2D eigenvalue weighted by molar-refractivity contribution is -0.113. The highest BCUT2D eigenvalue weighted by atomic mass is 32.2. The highest BCUT2D eigenvalue weighted by Gasteiger charge is 2.33. The van der Waals surface area contributed by atoms with E-state index in [1.54, 1.807) is 24.3 Å². The van der Waals surface area contributed by atoms with Gasteiger partial charge in [-0.2, -0.15) is 0 Å². The summed E-state index contributed by atoms with van der Waals surface area (Å²) < 4.78 is 5.50.